The molecule has 0 bridgehead atoms. The van der Waals surface area contributed by atoms with E-state index >= 15 is 0 Å². The highest BCUT2D eigenvalue weighted by Gasteiger charge is 2.33. The van der Waals surface area contributed by atoms with Crippen molar-refractivity contribution in [1.82, 2.24) is 4.98 Å². The van der Waals surface area contributed by atoms with Crippen molar-refractivity contribution in [3.8, 4) is 0 Å². The zero-order chi connectivity index (χ0) is 22.3. The smallest absolute Gasteiger partial charge is 0.396 e. The number of carbonyl (C=O) groups is 1. The van der Waals surface area contributed by atoms with E-state index < -0.39 is 20.9 Å². The Hall–Kier alpha value is -3.82. The summed E-state index contributed by atoms with van der Waals surface area (Å²) in [6.45, 7) is 0. The lowest BCUT2D eigenvalue weighted by Crippen LogP contribution is -2.37. The molecule has 0 aliphatic carbocycles. The summed E-state index contributed by atoms with van der Waals surface area (Å²) >= 11 is 0.848. The minimum atomic E-state index is -4.30. The van der Waals surface area contributed by atoms with Crippen LogP contribution in [0.15, 0.2) is 99.3 Å². The molecule has 158 valence electrons. The number of nitrogens with zero attached hydrogens (tertiary/aromatic N) is 2. The molecule has 2 aromatic heterocycles. The molecule has 3 aromatic carbocycles. The number of carbonyl (C=O) groups excluding carboxylic acids is 1. The van der Waals surface area contributed by atoms with Crippen LogP contribution in [0, 0.1) is 0 Å². The van der Waals surface area contributed by atoms with Crippen LogP contribution in [0.5, 0.6) is 0 Å². The molecule has 0 atom stereocenters. The summed E-state index contributed by atoms with van der Waals surface area (Å²) in [5.41, 5.74) is 0.646. The Morgan fingerprint density at radius 2 is 1.56 bits per heavy atom. The maximum absolute atomic E-state index is 13.7. The second-order valence-electron chi connectivity index (χ2n) is 6.85. The lowest BCUT2D eigenvalue weighted by molar-refractivity contribution is 0.101. The van der Waals surface area contributed by atoms with Crippen LogP contribution in [-0.2, 0) is 10.0 Å². The molecule has 0 saturated heterocycles. The molecule has 32 heavy (non-hydrogen) atoms. The van der Waals surface area contributed by atoms with Crippen LogP contribution in [0.2, 0.25) is 0 Å². The molecule has 0 N–H and O–H groups in total. The van der Waals surface area contributed by atoms with Crippen LogP contribution in [-0.4, -0.2) is 19.3 Å². The number of benzene rings is 3. The van der Waals surface area contributed by atoms with Gasteiger partial charge in [-0.2, -0.15) is 4.31 Å². The Bertz CT molecular complexity index is 1630. The van der Waals surface area contributed by atoms with Gasteiger partial charge in [0.25, 0.3) is 15.9 Å². The van der Waals surface area contributed by atoms with E-state index in [0.717, 1.165) is 15.6 Å². The average molecular weight is 463 g/mol. The molecule has 0 spiro atoms. The van der Waals surface area contributed by atoms with Gasteiger partial charge in [-0.25, -0.2) is 13.2 Å². The van der Waals surface area contributed by atoms with Gasteiger partial charge in [0.1, 0.15) is 0 Å². The Balaban J connectivity index is 1.86. The van der Waals surface area contributed by atoms with Gasteiger partial charge in [0.05, 0.1) is 15.3 Å². The number of rotatable bonds is 4. The molecule has 0 unspecified atom stereocenters. The highest BCUT2D eigenvalue weighted by Crippen LogP contribution is 2.38. The molecule has 0 radical (unpaired) electrons. The summed E-state index contributed by atoms with van der Waals surface area (Å²) in [4.78, 5) is 28.9. The van der Waals surface area contributed by atoms with Gasteiger partial charge in [-0.05, 0) is 30.3 Å². The third kappa shape index (κ3) is 3.28. The van der Waals surface area contributed by atoms with Crippen molar-refractivity contribution < 1.29 is 17.6 Å². The first kappa shape index (κ1) is 20.1. The normalized spacial score (nSPS) is 11.6. The molecule has 2 heterocycles. The predicted octanol–water partition coefficient (Wildman–Crippen LogP) is 4.44. The standard InChI is InChI=1S/C23H14N2O5S2/c26-22(15-10-12-24-13-11-15)25(32(28,29)16-6-2-1-3-7-16)19-14-20-21(30-23(27)31-20)18-9-5-4-8-17(18)19/h1-14H. The van der Waals surface area contributed by atoms with Crippen LogP contribution in [0.25, 0.3) is 21.1 Å². The Kier molecular flexibility index (Phi) is 4.84. The monoisotopic (exact) mass is 462 g/mol. The van der Waals surface area contributed by atoms with Gasteiger partial charge in [0.2, 0.25) is 0 Å². The molecule has 5 rings (SSSR count). The molecule has 0 fully saturated rings. The Morgan fingerprint density at radius 3 is 2.28 bits per heavy atom. The summed E-state index contributed by atoms with van der Waals surface area (Å²) in [7, 11) is -4.30. The van der Waals surface area contributed by atoms with E-state index in [1.54, 1.807) is 42.5 Å². The second-order valence-corrected chi connectivity index (χ2v) is 9.61. The number of aromatic nitrogens is 1. The van der Waals surface area contributed by atoms with Crippen molar-refractivity contribution in [3.63, 3.8) is 0 Å². The van der Waals surface area contributed by atoms with Crippen molar-refractivity contribution in [2.24, 2.45) is 0 Å². The van der Waals surface area contributed by atoms with Gasteiger partial charge in [-0.15, -0.1) is 0 Å². The highest BCUT2D eigenvalue weighted by molar-refractivity contribution is 7.93. The number of amides is 1. The first-order chi connectivity index (χ1) is 15.5. The second kappa shape index (κ2) is 7.70. The molecule has 0 aliphatic rings. The summed E-state index contributed by atoms with van der Waals surface area (Å²) in [5, 5.41) is 0.998. The van der Waals surface area contributed by atoms with E-state index in [0.29, 0.717) is 21.1 Å². The molecule has 5 aromatic rings. The SMILES string of the molecule is O=C(c1ccncc1)N(c1cc2sc(=O)oc2c2ccccc12)S(=O)(=O)c1ccccc1. The van der Waals surface area contributed by atoms with Crippen LogP contribution >= 0.6 is 11.3 Å². The summed E-state index contributed by atoms with van der Waals surface area (Å²) < 4.78 is 34.0. The topological polar surface area (TPSA) is 97.6 Å². The number of fused-ring (bicyclic) bond motifs is 3. The van der Waals surface area contributed by atoms with E-state index in [9.17, 15) is 18.0 Å². The third-order valence-electron chi connectivity index (χ3n) is 4.93. The van der Waals surface area contributed by atoms with Crippen molar-refractivity contribution >= 4 is 54.0 Å². The van der Waals surface area contributed by atoms with Crippen molar-refractivity contribution in [2.45, 2.75) is 4.90 Å². The molecular formula is C23H14N2O5S2. The summed E-state index contributed by atoms with van der Waals surface area (Å²) in [5.74, 6) is -0.739. The minimum Gasteiger partial charge on any atom is -0.413 e. The van der Waals surface area contributed by atoms with Crippen molar-refractivity contribution in [3.05, 3.63) is 100 Å². The molecule has 0 saturated carbocycles. The predicted molar refractivity (Wildman–Crippen MR) is 123 cm³/mol. The lowest BCUT2D eigenvalue weighted by atomic mass is 10.1. The number of pyridine rings is 1. The van der Waals surface area contributed by atoms with Crippen LogP contribution < -0.4 is 9.24 Å². The zero-order valence-electron chi connectivity index (χ0n) is 16.3. The molecular weight excluding hydrogens is 448 g/mol. The first-order valence-electron chi connectivity index (χ1n) is 9.47. The van der Waals surface area contributed by atoms with E-state index in [1.165, 1.54) is 42.7 Å². The van der Waals surface area contributed by atoms with Crippen LogP contribution in [0.1, 0.15) is 10.4 Å². The molecule has 0 aliphatic heterocycles. The quantitative estimate of drug-likeness (QED) is 0.392. The van der Waals surface area contributed by atoms with Gasteiger partial charge in [-0.1, -0.05) is 53.8 Å². The van der Waals surface area contributed by atoms with Crippen molar-refractivity contribution in [2.75, 3.05) is 4.31 Å². The largest absolute Gasteiger partial charge is 0.413 e. The maximum Gasteiger partial charge on any atom is 0.396 e. The van der Waals surface area contributed by atoms with Gasteiger partial charge in [0, 0.05) is 28.7 Å². The molecule has 7 nitrogen and oxygen atoms in total. The number of hydrogen-bond donors (Lipinski definition) is 0. The highest BCUT2D eigenvalue weighted by atomic mass is 32.2. The van der Waals surface area contributed by atoms with Gasteiger partial charge in [-0.3, -0.25) is 9.78 Å². The molecule has 9 heteroatoms. The Labute approximate surface area is 186 Å². The number of anilines is 1. The minimum absolute atomic E-state index is 0.0352. The van der Waals surface area contributed by atoms with Crippen LogP contribution in [0.4, 0.5) is 5.69 Å². The van der Waals surface area contributed by atoms with E-state index in [-0.39, 0.29) is 16.1 Å². The summed E-state index contributed by atoms with van der Waals surface area (Å²) in [6, 6.07) is 19.0. The van der Waals surface area contributed by atoms with E-state index in [4.69, 9.17) is 4.42 Å². The summed E-state index contributed by atoms with van der Waals surface area (Å²) in [6.07, 6.45) is 2.84. The van der Waals surface area contributed by atoms with Gasteiger partial charge in [0.15, 0.2) is 5.58 Å². The van der Waals surface area contributed by atoms with Gasteiger partial charge < -0.3 is 4.42 Å². The Morgan fingerprint density at radius 1 is 0.906 bits per heavy atom. The maximum atomic E-state index is 13.7. The lowest BCUT2D eigenvalue weighted by Gasteiger charge is -2.24. The average Bonchev–Trinajstić information content (AvgIpc) is 3.20. The zero-order valence-corrected chi connectivity index (χ0v) is 18.0. The third-order valence-corrected chi connectivity index (χ3v) is 7.41. The van der Waals surface area contributed by atoms with E-state index in [1.807, 2.05) is 0 Å². The van der Waals surface area contributed by atoms with E-state index in [2.05, 4.69) is 4.98 Å². The molecule has 1 amide bonds. The van der Waals surface area contributed by atoms with Crippen molar-refractivity contribution in [1.29, 1.82) is 0 Å². The fourth-order valence-electron chi connectivity index (χ4n) is 3.51. The van der Waals surface area contributed by atoms with Gasteiger partial charge >= 0.3 is 4.94 Å². The first-order valence-corrected chi connectivity index (χ1v) is 11.7. The fraction of sp³-hybridized carbons (Fsp3) is 0. The fourth-order valence-corrected chi connectivity index (χ4v) is 5.67. The number of sulfonamides is 1. The van der Waals surface area contributed by atoms with Crippen LogP contribution in [0.3, 0.4) is 0 Å². The number of hydrogen-bond acceptors (Lipinski definition) is 7.